The lowest BCUT2D eigenvalue weighted by Gasteiger charge is -2.25. The van der Waals surface area contributed by atoms with E-state index in [4.69, 9.17) is 4.74 Å². The molecule has 0 aromatic heterocycles. The van der Waals surface area contributed by atoms with Crippen molar-refractivity contribution < 1.29 is 9.53 Å². The van der Waals surface area contributed by atoms with Crippen molar-refractivity contribution in [2.45, 2.75) is 26.2 Å². The average molecular weight is 178 g/mol. The van der Waals surface area contributed by atoms with Gasteiger partial charge in [0.1, 0.15) is 5.78 Å². The molecule has 13 heavy (non-hydrogen) atoms. The third-order valence-corrected chi connectivity index (χ3v) is 3.13. The first-order valence-electron chi connectivity index (χ1n) is 4.65. The minimum absolute atomic E-state index is 0.327. The molecule has 0 amide bonds. The summed E-state index contributed by atoms with van der Waals surface area (Å²) in [4.78, 5) is 11.7. The first kappa shape index (κ1) is 8.54. The summed E-state index contributed by atoms with van der Waals surface area (Å²) < 4.78 is 5.18. The monoisotopic (exact) mass is 178 g/mol. The molecule has 1 fully saturated rings. The number of methoxy groups -OCH3 is 1. The summed E-state index contributed by atoms with van der Waals surface area (Å²) in [6, 6.07) is 0. The maximum Gasteiger partial charge on any atom is 0.147 e. The van der Waals surface area contributed by atoms with Crippen LogP contribution in [0, 0.1) is 5.41 Å². The topological polar surface area (TPSA) is 26.3 Å². The van der Waals surface area contributed by atoms with Gasteiger partial charge in [0.05, 0.1) is 18.3 Å². The highest BCUT2D eigenvalue weighted by atomic mass is 16.5. The molecule has 2 heteroatoms. The van der Waals surface area contributed by atoms with Crippen molar-refractivity contribution in [1.82, 2.24) is 0 Å². The van der Waals surface area contributed by atoms with E-state index in [1.807, 2.05) is 13.0 Å². The van der Waals surface area contributed by atoms with Gasteiger partial charge < -0.3 is 4.74 Å². The van der Waals surface area contributed by atoms with Crippen molar-refractivity contribution in [3.8, 4) is 0 Å². The molecule has 2 aliphatic carbocycles. The van der Waals surface area contributed by atoms with Gasteiger partial charge in [0.2, 0.25) is 0 Å². The molecule has 0 radical (unpaired) electrons. The van der Waals surface area contributed by atoms with E-state index in [1.165, 1.54) is 5.57 Å². The molecule has 1 saturated carbocycles. The van der Waals surface area contributed by atoms with Crippen molar-refractivity contribution in [2.75, 3.05) is 7.11 Å². The fraction of sp³-hybridized carbons (Fsp3) is 0.545. The van der Waals surface area contributed by atoms with E-state index < -0.39 is 0 Å². The van der Waals surface area contributed by atoms with E-state index in [9.17, 15) is 4.79 Å². The largest absolute Gasteiger partial charge is 0.501 e. The molecule has 2 aliphatic rings. The van der Waals surface area contributed by atoms with E-state index in [-0.39, 0.29) is 5.41 Å². The summed E-state index contributed by atoms with van der Waals surface area (Å²) in [5.74, 6) is 1.24. The molecule has 0 N–H and O–H groups in total. The van der Waals surface area contributed by atoms with Crippen LogP contribution in [0.15, 0.2) is 23.5 Å². The van der Waals surface area contributed by atoms with E-state index in [2.05, 4.69) is 6.08 Å². The predicted octanol–water partition coefficient (Wildman–Crippen LogP) is 2.22. The predicted molar refractivity (Wildman–Crippen MR) is 50.1 cm³/mol. The van der Waals surface area contributed by atoms with Crippen LogP contribution in [-0.4, -0.2) is 12.9 Å². The number of carbonyl (C=O) groups excluding carboxylic acids is 1. The highest BCUT2D eigenvalue weighted by Crippen LogP contribution is 2.44. The second-order valence-electron chi connectivity index (χ2n) is 3.87. The normalized spacial score (nSPS) is 32.3. The molecule has 2 nitrogen and oxygen atoms in total. The number of hydrogen-bond acceptors (Lipinski definition) is 2. The molecular weight excluding hydrogens is 164 g/mol. The smallest absolute Gasteiger partial charge is 0.147 e. The Balaban J connectivity index is 2.39. The van der Waals surface area contributed by atoms with E-state index in [0.29, 0.717) is 12.2 Å². The number of fused-ring (bicyclic) bond motifs is 1. The zero-order chi connectivity index (χ0) is 9.47. The summed E-state index contributed by atoms with van der Waals surface area (Å²) in [5.41, 5.74) is 0.933. The molecule has 1 atom stereocenters. The Labute approximate surface area is 78.3 Å². The van der Waals surface area contributed by atoms with Gasteiger partial charge in [0.15, 0.2) is 0 Å². The van der Waals surface area contributed by atoms with Crippen LogP contribution < -0.4 is 0 Å². The first-order valence-corrected chi connectivity index (χ1v) is 4.65. The van der Waals surface area contributed by atoms with Crippen LogP contribution in [0.2, 0.25) is 0 Å². The Kier molecular flexibility index (Phi) is 1.79. The molecule has 0 aliphatic heterocycles. The van der Waals surface area contributed by atoms with Gasteiger partial charge in [-0.1, -0.05) is 11.6 Å². The second kappa shape index (κ2) is 2.72. The Bertz CT molecular complexity index is 312. The molecular formula is C11H14O2. The van der Waals surface area contributed by atoms with Crippen LogP contribution in [0.4, 0.5) is 0 Å². The summed E-state index contributed by atoms with van der Waals surface area (Å²) in [6.07, 6.45) is 6.59. The van der Waals surface area contributed by atoms with Gasteiger partial charge in [-0.05, 0) is 19.4 Å². The molecule has 70 valence electrons. The Morgan fingerprint density at radius 3 is 2.92 bits per heavy atom. The van der Waals surface area contributed by atoms with Crippen molar-refractivity contribution >= 4 is 5.78 Å². The number of ether oxygens (including phenoxy) is 1. The van der Waals surface area contributed by atoms with Crippen LogP contribution in [0.25, 0.3) is 0 Å². The molecule has 0 heterocycles. The Morgan fingerprint density at radius 1 is 1.46 bits per heavy atom. The number of rotatable bonds is 1. The Hall–Kier alpha value is -1.05. The molecule has 0 aromatic rings. The van der Waals surface area contributed by atoms with E-state index in [1.54, 1.807) is 7.11 Å². The maximum atomic E-state index is 11.7. The van der Waals surface area contributed by atoms with Gasteiger partial charge in [-0.15, -0.1) is 0 Å². The van der Waals surface area contributed by atoms with Crippen molar-refractivity contribution in [2.24, 2.45) is 5.41 Å². The van der Waals surface area contributed by atoms with Gasteiger partial charge >= 0.3 is 0 Å². The molecule has 0 spiro atoms. The Morgan fingerprint density at radius 2 is 2.23 bits per heavy atom. The lowest BCUT2D eigenvalue weighted by Crippen LogP contribution is -2.23. The van der Waals surface area contributed by atoms with Gasteiger partial charge in [0.25, 0.3) is 0 Å². The summed E-state index contributed by atoms with van der Waals surface area (Å²) >= 11 is 0. The second-order valence-corrected chi connectivity index (χ2v) is 3.87. The molecule has 1 unspecified atom stereocenters. The number of allylic oxidation sites excluding steroid dienone is 3. The van der Waals surface area contributed by atoms with E-state index in [0.717, 1.165) is 18.6 Å². The molecule has 2 rings (SSSR count). The van der Waals surface area contributed by atoms with Gasteiger partial charge in [-0.25, -0.2) is 0 Å². The summed E-state index contributed by atoms with van der Waals surface area (Å²) in [5, 5.41) is 0. The van der Waals surface area contributed by atoms with Crippen LogP contribution >= 0.6 is 0 Å². The van der Waals surface area contributed by atoms with Crippen molar-refractivity contribution in [3.05, 3.63) is 23.5 Å². The number of Topliss-reactive ketones (excluding diaryl/α,β-unsaturated/α-hetero) is 1. The quantitative estimate of drug-likeness (QED) is 0.575. The summed E-state index contributed by atoms with van der Waals surface area (Å²) in [7, 11) is 1.66. The minimum atomic E-state index is -0.344. The van der Waals surface area contributed by atoms with Crippen LogP contribution in [0.3, 0.4) is 0 Å². The fourth-order valence-electron chi connectivity index (χ4n) is 2.18. The van der Waals surface area contributed by atoms with Gasteiger partial charge in [0, 0.05) is 12.8 Å². The zero-order valence-corrected chi connectivity index (χ0v) is 8.09. The average Bonchev–Trinajstić information content (AvgIpc) is 2.42. The lowest BCUT2D eigenvalue weighted by atomic mass is 9.79. The minimum Gasteiger partial charge on any atom is -0.501 e. The van der Waals surface area contributed by atoms with Gasteiger partial charge in [-0.3, -0.25) is 4.79 Å². The molecule has 0 saturated heterocycles. The van der Waals surface area contributed by atoms with Crippen LogP contribution in [0.5, 0.6) is 0 Å². The molecule has 0 aromatic carbocycles. The molecule has 0 bridgehead atoms. The lowest BCUT2D eigenvalue weighted by molar-refractivity contribution is -0.122. The third-order valence-electron chi connectivity index (χ3n) is 3.13. The number of ketones is 1. The zero-order valence-electron chi connectivity index (χ0n) is 8.09. The SMILES string of the molecule is COC1=CC2(C)C(=O)CCC2=CC1. The van der Waals surface area contributed by atoms with Crippen molar-refractivity contribution in [1.29, 1.82) is 0 Å². The highest BCUT2D eigenvalue weighted by Gasteiger charge is 2.41. The first-order chi connectivity index (χ1) is 6.16. The van der Waals surface area contributed by atoms with Crippen molar-refractivity contribution in [3.63, 3.8) is 0 Å². The number of carbonyl (C=O) groups is 1. The van der Waals surface area contributed by atoms with Crippen LogP contribution in [-0.2, 0) is 9.53 Å². The standard InChI is InChI=1S/C11H14O2/c1-11-7-9(13-2)5-3-8(11)4-6-10(11)12/h3,7H,4-6H2,1-2H3. The van der Waals surface area contributed by atoms with E-state index >= 15 is 0 Å². The fourth-order valence-corrected chi connectivity index (χ4v) is 2.18. The highest BCUT2D eigenvalue weighted by molar-refractivity contribution is 5.93. The van der Waals surface area contributed by atoms with Crippen LogP contribution in [0.1, 0.15) is 26.2 Å². The number of hydrogen-bond donors (Lipinski definition) is 0. The maximum absolute atomic E-state index is 11.7. The van der Waals surface area contributed by atoms with Gasteiger partial charge in [-0.2, -0.15) is 0 Å². The third kappa shape index (κ3) is 1.12. The summed E-state index contributed by atoms with van der Waals surface area (Å²) in [6.45, 7) is 1.99.